The molecular weight excluding hydrogens is 1050 g/mol. The first-order chi connectivity index (χ1) is 43.2. The molecule has 13 aromatic carbocycles. The molecule has 0 unspecified atom stereocenters. The van der Waals surface area contributed by atoms with Crippen LogP contribution in [0.25, 0.3) is 161 Å². The molecule has 0 aliphatic heterocycles. The summed E-state index contributed by atoms with van der Waals surface area (Å²) in [4.78, 5) is 11.0. The van der Waals surface area contributed by atoms with Crippen molar-refractivity contribution in [2.45, 2.75) is 0 Å². The molecule has 0 fully saturated rings. The molecule has 17 aromatic rings. The highest BCUT2D eigenvalue weighted by Crippen LogP contribution is 2.49. The molecule has 0 aliphatic carbocycles. The van der Waals surface area contributed by atoms with Crippen molar-refractivity contribution >= 4 is 65.4 Å². The molecule has 5 heteroatoms. The normalized spacial score (nSPS) is 11.7. The third-order valence-electron chi connectivity index (χ3n) is 17.4. The quantitative estimate of drug-likeness (QED) is 0.137. The van der Waals surface area contributed by atoms with Gasteiger partial charge in [-0.15, -0.1) is 0 Å². The molecule has 0 aliphatic rings. The van der Waals surface area contributed by atoms with Crippen LogP contribution >= 0.6 is 0 Å². The highest BCUT2D eigenvalue weighted by Gasteiger charge is 2.28. The Bertz CT molecular complexity index is 5030. The maximum Gasteiger partial charge on any atom is 0.160 e. The van der Waals surface area contributed by atoms with Crippen LogP contribution in [0.15, 0.2) is 322 Å². The number of rotatable bonds is 10. The standard InChI is InChI=1S/C82H53N5/c1-7-27-54(28-8-1)65-49-69-70-50-66(55-29-9-2-10-30-55)78(86-75-45-25-21-41-63(75)64-42-22-26-46-76(64)86)53-80(70)87(79(69)52-77(65)85-73-43-23-19-39-61(73)62-40-20-24-44-74(62)85)81-67(56-31-11-3-12-32-56)47-60(48-68(81)57-33-13-4-14-34-57)82-83-71(58-35-15-5-16-36-58)51-72(84-82)59-37-17-6-18-38-59/h1-53H. The summed E-state index contributed by atoms with van der Waals surface area (Å²) in [5.41, 5.74) is 23.3. The summed E-state index contributed by atoms with van der Waals surface area (Å²) < 4.78 is 7.58. The number of hydrogen-bond donors (Lipinski definition) is 0. The van der Waals surface area contributed by atoms with Crippen LogP contribution in [0.4, 0.5) is 0 Å². The van der Waals surface area contributed by atoms with Crippen molar-refractivity contribution in [2.24, 2.45) is 0 Å². The average Bonchev–Trinajstić information content (AvgIpc) is 1.64. The van der Waals surface area contributed by atoms with Crippen LogP contribution in [0.3, 0.4) is 0 Å². The van der Waals surface area contributed by atoms with Crippen molar-refractivity contribution in [3.05, 3.63) is 322 Å². The van der Waals surface area contributed by atoms with Gasteiger partial charge in [0, 0.05) is 71.3 Å². The number of nitrogens with zero attached hydrogens (tertiary/aromatic N) is 5. The number of hydrogen-bond acceptors (Lipinski definition) is 2. The monoisotopic (exact) mass is 1110 g/mol. The summed E-state index contributed by atoms with van der Waals surface area (Å²) >= 11 is 0. The van der Waals surface area contributed by atoms with E-state index in [2.05, 4.69) is 335 Å². The topological polar surface area (TPSA) is 40.6 Å². The molecule has 0 N–H and O–H groups in total. The Hall–Kier alpha value is -11.7. The van der Waals surface area contributed by atoms with Crippen molar-refractivity contribution in [1.29, 1.82) is 0 Å². The second kappa shape index (κ2) is 20.6. The highest BCUT2D eigenvalue weighted by atomic mass is 15.0. The van der Waals surface area contributed by atoms with Gasteiger partial charge in [0.2, 0.25) is 0 Å². The lowest BCUT2D eigenvalue weighted by Gasteiger charge is -2.22. The van der Waals surface area contributed by atoms with Gasteiger partial charge in [-0.1, -0.05) is 255 Å². The van der Waals surface area contributed by atoms with E-state index in [1.54, 1.807) is 0 Å². The van der Waals surface area contributed by atoms with Crippen molar-refractivity contribution in [3.8, 4) is 95.5 Å². The molecule has 4 heterocycles. The summed E-state index contributed by atoms with van der Waals surface area (Å²) in [5.74, 6) is 0.639. The van der Waals surface area contributed by atoms with Gasteiger partial charge in [0.1, 0.15) is 0 Å². The highest BCUT2D eigenvalue weighted by molar-refractivity contribution is 6.17. The number of fused-ring (bicyclic) bond motifs is 9. The molecule has 0 amide bonds. The Morgan fingerprint density at radius 3 is 0.816 bits per heavy atom. The first-order valence-electron chi connectivity index (χ1n) is 29.7. The molecule has 17 rings (SSSR count). The molecule has 0 spiro atoms. The Morgan fingerprint density at radius 1 is 0.195 bits per heavy atom. The summed E-state index contributed by atoms with van der Waals surface area (Å²) in [6.07, 6.45) is 0. The Balaban J connectivity index is 1.07. The van der Waals surface area contributed by atoms with Crippen LogP contribution in [0, 0.1) is 0 Å². The zero-order valence-electron chi connectivity index (χ0n) is 47.3. The van der Waals surface area contributed by atoms with Gasteiger partial charge in [0.15, 0.2) is 5.82 Å². The van der Waals surface area contributed by atoms with Crippen LogP contribution < -0.4 is 0 Å². The zero-order chi connectivity index (χ0) is 57.4. The van der Waals surface area contributed by atoms with E-state index in [9.17, 15) is 0 Å². The van der Waals surface area contributed by atoms with E-state index in [0.29, 0.717) is 5.82 Å². The molecule has 5 nitrogen and oxygen atoms in total. The third-order valence-corrected chi connectivity index (χ3v) is 17.4. The van der Waals surface area contributed by atoms with Crippen LogP contribution in [0.1, 0.15) is 0 Å². The van der Waals surface area contributed by atoms with Gasteiger partial charge in [-0.2, -0.15) is 0 Å². The van der Waals surface area contributed by atoms with Gasteiger partial charge in [0.25, 0.3) is 0 Å². The Morgan fingerprint density at radius 2 is 0.483 bits per heavy atom. The maximum absolute atomic E-state index is 5.49. The summed E-state index contributed by atoms with van der Waals surface area (Å²) in [5, 5.41) is 7.09. The molecule has 0 saturated carbocycles. The van der Waals surface area contributed by atoms with Crippen molar-refractivity contribution in [2.75, 3.05) is 0 Å². The SMILES string of the molecule is c1ccc(-c2cc(-c3ccccc3)nc(-c3cc(-c4ccccc4)c(-n4c5cc(-n6c7ccccc7c7ccccc76)c(-c6ccccc6)cc5c5cc(-c6ccccc6)c(-n6c7ccccc7c7ccccc76)cc54)c(-c4ccccc4)c3)n2)cc1. The van der Waals surface area contributed by atoms with E-state index >= 15 is 0 Å². The molecule has 87 heavy (non-hydrogen) atoms. The van der Waals surface area contributed by atoms with Crippen LogP contribution in [-0.4, -0.2) is 23.7 Å². The average molecular weight is 1110 g/mol. The van der Waals surface area contributed by atoms with E-state index in [0.717, 1.165) is 134 Å². The van der Waals surface area contributed by atoms with E-state index in [4.69, 9.17) is 9.97 Å². The fraction of sp³-hybridized carbons (Fsp3) is 0. The largest absolute Gasteiger partial charge is 0.309 e. The van der Waals surface area contributed by atoms with Crippen LogP contribution in [0.2, 0.25) is 0 Å². The molecule has 0 bridgehead atoms. The first kappa shape index (κ1) is 49.9. The molecular formula is C82H53N5. The lowest BCUT2D eigenvalue weighted by molar-refractivity contribution is 1.14. The smallest absolute Gasteiger partial charge is 0.160 e. The fourth-order valence-corrected chi connectivity index (χ4v) is 13.5. The predicted octanol–water partition coefficient (Wildman–Crippen LogP) is 21.4. The van der Waals surface area contributed by atoms with Gasteiger partial charge < -0.3 is 13.7 Å². The first-order valence-corrected chi connectivity index (χ1v) is 29.7. The Labute approximate surface area is 503 Å². The van der Waals surface area contributed by atoms with E-state index in [1.165, 1.54) is 21.5 Å². The predicted molar refractivity (Wildman–Crippen MR) is 363 cm³/mol. The van der Waals surface area contributed by atoms with Crippen molar-refractivity contribution in [1.82, 2.24) is 23.7 Å². The van der Waals surface area contributed by atoms with E-state index in [-0.39, 0.29) is 0 Å². The fourth-order valence-electron chi connectivity index (χ4n) is 13.5. The van der Waals surface area contributed by atoms with Crippen LogP contribution in [0.5, 0.6) is 0 Å². The van der Waals surface area contributed by atoms with Gasteiger partial charge in [-0.25, -0.2) is 9.97 Å². The number of aromatic nitrogens is 5. The minimum atomic E-state index is 0.639. The lowest BCUT2D eigenvalue weighted by Crippen LogP contribution is -2.05. The van der Waals surface area contributed by atoms with Gasteiger partial charge in [-0.3, -0.25) is 0 Å². The van der Waals surface area contributed by atoms with Gasteiger partial charge >= 0.3 is 0 Å². The molecule has 0 radical (unpaired) electrons. The second-order valence-electron chi connectivity index (χ2n) is 22.4. The third kappa shape index (κ3) is 8.31. The lowest BCUT2D eigenvalue weighted by atomic mass is 9.92. The van der Waals surface area contributed by atoms with Gasteiger partial charge in [0.05, 0.1) is 61.6 Å². The van der Waals surface area contributed by atoms with E-state index < -0.39 is 0 Å². The van der Waals surface area contributed by atoms with Gasteiger partial charge in [-0.05, 0) is 89.0 Å². The van der Waals surface area contributed by atoms with Crippen molar-refractivity contribution in [3.63, 3.8) is 0 Å². The minimum Gasteiger partial charge on any atom is -0.309 e. The number of para-hydroxylation sites is 4. The van der Waals surface area contributed by atoms with Crippen molar-refractivity contribution < 1.29 is 0 Å². The molecule has 406 valence electrons. The minimum absolute atomic E-state index is 0.639. The molecule has 0 atom stereocenters. The Kier molecular flexibility index (Phi) is 11.8. The summed E-state index contributed by atoms with van der Waals surface area (Å²) in [6.45, 7) is 0. The number of benzene rings is 13. The molecule has 4 aromatic heterocycles. The second-order valence-corrected chi connectivity index (χ2v) is 22.4. The van der Waals surface area contributed by atoms with Crippen LogP contribution in [-0.2, 0) is 0 Å². The van der Waals surface area contributed by atoms with E-state index in [1.807, 2.05) is 0 Å². The summed E-state index contributed by atoms with van der Waals surface area (Å²) in [6, 6.07) is 117. The molecule has 0 saturated heterocycles. The zero-order valence-corrected chi connectivity index (χ0v) is 47.3. The maximum atomic E-state index is 5.49. The summed E-state index contributed by atoms with van der Waals surface area (Å²) in [7, 11) is 0.